The summed E-state index contributed by atoms with van der Waals surface area (Å²) in [6.07, 6.45) is -5.20. The van der Waals surface area contributed by atoms with Crippen LogP contribution in [-0.4, -0.2) is 17.7 Å². The lowest BCUT2D eigenvalue weighted by atomic mass is 10.0. The molecule has 2 aromatic carbocycles. The average molecular weight is 400 g/mol. The van der Waals surface area contributed by atoms with Crippen LogP contribution in [0.5, 0.6) is 0 Å². The summed E-state index contributed by atoms with van der Waals surface area (Å²) in [7, 11) is 0. The highest BCUT2D eigenvalue weighted by Crippen LogP contribution is 2.42. The van der Waals surface area contributed by atoms with E-state index in [1.165, 1.54) is 0 Å². The first-order valence-electron chi connectivity index (χ1n) is 7.15. The summed E-state index contributed by atoms with van der Waals surface area (Å²) in [4.78, 5) is 4.75. The van der Waals surface area contributed by atoms with Crippen LogP contribution in [0.1, 0.15) is 17.5 Å². The molecule has 0 aromatic heterocycles. The van der Waals surface area contributed by atoms with Gasteiger partial charge in [-0.1, -0.05) is 63.6 Å². The highest BCUT2D eigenvalue weighted by atomic mass is 79.9. The second kappa shape index (κ2) is 6.57. The molecule has 126 valence electrons. The van der Waals surface area contributed by atoms with E-state index in [1.54, 1.807) is 54.6 Å². The van der Waals surface area contributed by atoms with Gasteiger partial charge in [-0.15, -0.1) is 0 Å². The van der Waals surface area contributed by atoms with Crippen molar-refractivity contribution in [1.29, 1.82) is 0 Å². The first-order valence-corrected chi connectivity index (χ1v) is 7.94. The molecule has 1 aliphatic heterocycles. The van der Waals surface area contributed by atoms with E-state index < -0.39 is 18.4 Å². The molecule has 3 rings (SSSR count). The summed E-state index contributed by atoms with van der Waals surface area (Å²) in [6, 6.07) is 15.4. The molecule has 0 fully saturated rings. The van der Waals surface area contributed by atoms with Crippen LogP contribution in [0.4, 0.5) is 13.2 Å². The molecule has 1 aliphatic rings. The van der Waals surface area contributed by atoms with Gasteiger partial charge in [0, 0.05) is 4.47 Å². The molecule has 0 saturated heterocycles. The quantitative estimate of drug-likeness (QED) is 0.720. The Morgan fingerprint density at radius 1 is 1.08 bits per heavy atom. The van der Waals surface area contributed by atoms with Crippen molar-refractivity contribution >= 4 is 21.6 Å². The van der Waals surface area contributed by atoms with Crippen LogP contribution < -0.4 is 0 Å². The van der Waals surface area contributed by atoms with Gasteiger partial charge in [-0.25, -0.2) is 0 Å². The molecule has 0 radical (unpaired) electrons. The molecule has 0 bridgehead atoms. The van der Waals surface area contributed by atoms with Gasteiger partial charge in [-0.05, 0) is 23.3 Å². The van der Waals surface area contributed by atoms with E-state index in [2.05, 4.69) is 21.1 Å². The molecule has 7 heteroatoms. The van der Waals surface area contributed by atoms with Crippen molar-refractivity contribution in [2.24, 2.45) is 5.16 Å². The van der Waals surface area contributed by atoms with E-state index in [0.717, 1.165) is 4.47 Å². The van der Waals surface area contributed by atoms with E-state index in [1.807, 2.05) is 0 Å². The maximum Gasteiger partial charge on any atom is 0.458 e. The molecule has 1 heterocycles. The topological polar surface area (TPSA) is 30.8 Å². The Hall–Kier alpha value is -1.86. The molecule has 1 unspecified atom stereocenters. The van der Waals surface area contributed by atoms with Gasteiger partial charge in [0.1, 0.15) is 0 Å². The summed E-state index contributed by atoms with van der Waals surface area (Å²) in [6.45, 7) is -0.219. The predicted molar refractivity (Wildman–Crippen MR) is 86.4 cm³/mol. The number of hydrogen-bond acceptors (Lipinski definition) is 3. The number of ether oxygens (including phenoxy) is 1. The van der Waals surface area contributed by atoms with Gasteiger partial charge in [0.25, 0.3) is 0 Å². The Morgan fingerprint density at radius 2 is 1.75 bits per heavy atom. The van der Waals surface area contributed by atoms with E-state index in [4.69, 9.17) is 9.57 Å². The summed E-state index contributed by atoms with van der Waals surface area (Å²) in [5.41, 5.74) is 1.39. The molecule has 0 amide bonds. The number of nitrogens with zero attached hydrogens (tertiary/aromatic N) is 1. The van der Waals surface area contributed by atoms with Gasteiger partial charge in [-0.2, -0.15) is 13.2 Å². The van der Waals surface area contributed by atoms with Crippen molar-refractivity contribution in [3.8, 4) is 0 Å². The third-order valence-electron chi connectivity index (χ3n) is 3.63. The molecule has 0 aliphatic carbocycles. The van der Waals surface area contributed by atoms with E-state index in [0.29, 0.717) is 11.1 Å². The second-order valence-electron chi connectivity index (χ2n) is 5.34. The normalized spacial score (nSPS) is 20.6. The minimum atomic E-state index is -4.71. The number of oxime groups is 1. The molecule has 0 N–H and O–H groups in total. The Balaban J connectivity index is 1.78. The Labute approximate surface area is 145 Å². The highest BCUT2D eigenvalue weighted by Gasteiger charge is 2.62. The van der Waals surface area contributed by atoms with Crippen LogP contribution >= 0.6 is 15.9 Å². The Kier molecular flexibility index (Phi) is 4.64. The third kappa shape index (κ3) is 3.47. The third-order valence-corrected chi connectivity index (χ3v) is 4.16. The maximum absolute atomic E-state index is 13.5. The summed E-state index contributed by atoms with van der Waals surface area (Å²) < 4.78 is 46.6. The second-order valence-corrected chi connectivity index (χ2v) is 6.25. The van der Waals surface area contributed by atoms with Crippen molar-refractivity contribution in [2.75, 3.05) is 0 Å². The Morgan fingerprint density at radius 3 is 2.38 bits per heavy atom. The van der Waals surface area contributed by atoms with Crippen molar-refractivity contribution < 1.29 is 22.7 Å². The largest absolute Gasteiger partial charge is 0.458 e. The van der Waals surface area contributed by atoms with Crippen LogP contribution in [0.3, 0.4) is 0 Å². The lowest BCUT2D eigenvalue weighted by Gasteiger charge is -2.28. The molecule has 3 nitrogen and oxygen atoms in total. The summed E-state index contributed by atoms with van der Waals surface area (Å²) in [5.74, 6) is -2.76. The maximum atomic E-state index is 13.5. The number of benzene rings is 2. The zero-order valence-corrected chi connectivity index (χ0v) is 14.0. The summed E-state index contributed by atoms with van der Waals surface area (Å²) in [5, 5.41) is 3.62. The first kappa shape index (κ1) is 17.0. The van der Waals surface area contributed by atoms with E-state index >= 15 is 0 Å². The fraction of sp³-hybridized carbons (Fsp3) is 0.235. The molecule has 0 saturated carbocycles. The number of halogens is 4. The van der Waals surface area contributed by atoms with Crippen molar-refractivity contribution in [3.05, 3.63) is 70.2 Å². The van der Waals surface area contributed by atoms with Crippen LogP contribution in [0.25, 0.3) is 0 Å². The fourth-order valence-corrected chi connectivity index (χ4v) is 2.56. The van der Waals surface area contributed by atoms with Crippen LogP contribution in [0.2, 0.25) is 0 Å². The highest BCUT2D eigenvalue weighted by molar-refractivity contribution is 9.10. The Bertz CT molecular complexity index is 732. The smallest absolute Gasteiger partial charge is 0.349 e. The van der Waals surface area contributed by atoms with Gasteiger partial charge >= 0.3 is 12.0 Å². The van der Waals surface area contributed by atoms with Gasteiger partial charge in [0.15, 0.2) is 0 Å². The lowest BCUT2D eigenvalue weighted by molar-refractivity contribution is -0.375. The number of rotatable bonds is 4. The molecule has 24 heavy (non-hydrogen) atoms. The number of alkyl halides is 3. The minimum absolute atomic E-state index is 0.202. The lowest BCUT2D eigenvalue weighted by Crippen LogP contribution is -2.47. The van der Waals surface area contributed by atoms with Crippen LogP contribution in [0.15, 0.2) is 64.2 Å². The first-order chi connectivity index (χ1) is 11.4. The van der Waals surface area contributed by atoms with Crippen molar-refractivity contribution in [2.45, 2.75) is 25.0 Å². The van der Waals surface area contributed by atoms with Crippen molar-refractivity contribution in [3.63, 3.8) is 0 Å². The average Bonchev–Trinajstić information content (AvgIpc) is 3.00. The zero-order chi connectivity index (χ0) is 17.2. The van der Waals surface area contributed by atoms with Gasteiger partial charge < -0.3 is 9.57 Å². The molecule has 1 atom stereocenters. The van der Waals surface area contributed by atoms with Crippen LogP contribution in [0, 0.1) is 0 Å². The number of hydrogen-bond donors (Lipinski definition) is 0. The van der Waals surface area contributed by atoms with Gasteiger partial charge in [-0.3, -0.25) is 0 Å². The standard InChI is InChI=1S/C17H13BrF3NO2/c18-14-8-6-13(7-9-14)15-10-16(24-22-15,17(19,20)21)23-11-12-4-2-1-3-5-12/h1-9H,10-11H2. The minimum Gasteiger partial charge on any atom is -0.349 e. The van der Waals surface area contributed by atoms with E-state index in [9.17, 15) is 13.2 Å². The summed E-state index contributed by atoms with van der Waals surface area (Å²) >= 11 is 3.28. The monoisotopic (exact) mass is 399 g/mol. The fourth-order valence-electron chi connectivity index (χ4n) is 2.30. The van der Waals surface area contributed by atoms with Crippen molar-refractivity contribution in [1.82, 2.24) is 0 Å². The van der Waals surface area contributed by atoms with Gasteiger partial charge in [0.2, 0.25) is 0 Å². The van der Waals surface area contributed by atoms with E-state index in [-0.39, 0.29) is 12.3 Å². The zero-order valence-electron chi connectivity index (χ0n) is 12.4. The van der Waals surface area contributed by atoms with Crippen LogP contribution in [-0.2, 0) is 16.2 Å². The molecule has 0 spiro atoms. The SMILES string of the molecule is FC(F)(F)C1(OCc2ccccc2)CC(c2ccc(Br)cc2)=NO1. The molecular formula is C17H13BrF3NO2. The predicted octanol–water partition coefficient (Wildman–Crippen LogP) is 5.05. The molecular weight excluding hydrogens is 387 g/mol. The molecule has 2 aromatic rings. The van der Waals surface area contributed by atoms with Gasteiger partial charge in [0.05, 0.1) is 18.7 Å².